The fourth-order valence-electron chi connectivity index (χ4n) is 4.09. The monoisotopic (exact) mass is 357 g/mol. The van der Waals surface area contributed by atoms with Crippen molar-refractivity contribution in [2.45, 2.75) is 25.2 Å². The first-order valence-corrected chi connectivity index (χ1v) is 9.64. The first-order chi connectivity index (χ1) is 13.4. The second-order valence-corrected chi connectivity index (χ2v) is 7.17. The summed E-state index contributed by atoms with van der Waals surface area (Å²) in [6.45, 7) is 1.52. The molecule has 0 saturated carbocycles. The Morgan fingerprint density at radius 3 is 2.07 bits per heavy atom. The fraction of sp³-hybridized carbons (Fsp3) is 0.250. The molecule has 1 N–H and O–H groups in total. The molecule has 136 valence electrons. The maximum absolute atomic E-state index is 6.08. The molecule has 0 bridgehead atoms. The summed E-state index contributed by atoms with van der Waals surface area (Å²) in [7, 11) is 0. The number of benzene rings is 3. The molecule has 0 spiro atoms. The van der Waals surface area contributed by atoms with Gasteiger partial charge >= 0.3 is 0 Å². The summed E-state index contributed by atoms with van der Waals surface area (Å²) in [6.07, 6.45) is 1.90. The topological polar surface area (TPSA) is 30.5 Å². The Bertz CT molecular complexity index is 935. The lowest BCUT2D eigenvalue weighted by Crippen LogP contribution is -2.22. The number of anilines is 1. The number of hydrogen-bond acceptors (Lipinski definition) is 3. The van der Waals surface area contributed by atoms with Crippen molar-refractivity contribution < 1.29 is 9.47 Å². The van der Waals surface area contributed by atoms with Crippen molar-refractivity contribution in [3.05, 3.63) is 101 Å². The molecule has 2 aliphatic rings. The summed E-state index contributed by atoms with van der Waals surface area (Å²) < 4.78 is 12.0. The zero-order chi connectivity index (χ0) is 18.1. The summed E-state index contributed by atoms with van der Waals surface area (Å²) in [5, 5.41) is 3.52. The van der Waals surface area contributed by atoms with Gasteiger partial charge in [-0.1, -0.05) is 60.7 Å². The van der Waals surface area contributed by atoms with E-state index in [2.05, 4.69) is 78.1 Å². The normalized spacial score (nSPS) is 21.2. The maximum atomic E-state index is 6.08. The van der Waals surface area contributed by atoms with Crippen LogP contribution in [0.4, 0.5) is 5.69 Å². The minimum absolute atomic E-state index is 0.0238. The van der Waals surface area contributed by atoms with Crippen LogP contribution in [0.25, 0.3) is 0 Å². The first kappa shape index (κ1) is 16.5. The molecule has 5 rings (SSSR count). The lowest BCUT2D eigenvalue weighted by molar-refractivity contribution is 0.0617. The molecule has 3 aromatic rings. The molecule has 2 unspecified atom stereocenters. The third-order valence-electron chi connectivity index (χ3n) is 5.50. The number of nitrogens with one attached hydrogen (secondary N) is 1. The van der Waals surface area contributed by atoms with Crippen LogP contribution in [0.1, 0.15) is 40.1 Å². The van der Waals surface area contributed by atoms with Crippen molar-refractivity contribution in [1.82, 2.24) is 0 Å². The highest BCUT2D eigenvalue weighted by molar-refractivity contribution is 5.49. The Morgan fingerprint density at radius 2 is 1.30 bits per heavy atom. The summed E-state index contributed by atoms with van der Waals surface area (Å²) in [4.78, 5) is 0. The Morgan fingerprint density at radius 1 is 0.667 bits per heavy atom. The summed E-state index contributed by atoms with van der Waals surface area (Å²) in [5.41, 5.74) is 7.53. The fourth-order valence-corrected chi connectivity index (χ4v) is 4.09. The van der Waals surface area contributed by atoms with Crippen LogP contribution in [-0.4, -0.2) is 13.2 Å². The van der Waals surface area contributed by atoms with Crippen LogP contribution in [0.5, 0.6) is 0 Å². The van der Waals surface area contributed by atoms with Crippen molar-refractivity contribution in [3.63, 3.8) is 0 Å². The molecule has 3 heteroatoms. The zero-order valence-corrected chi connectivity index (χ0v) is 15.2. The lowest BCUT2D eigenvalue weighted by Gasteiger charge is -2.28. The van der Waals surface area contributed by atoms with E-state index in [1.165, 1.54) is 27.8 Å². The predicted octanol–water partition coefficient (Wildman–Crippen LogP) is 5.03. The zero-order valence-electron chi connectivity index (χ0n) is 15.2. The molecule has 3 aromatic carbocycles. The molecule has 0 aromatic heterocycles. The molecule has 3 nitrogen and oxygen atoms in total. The van der Waals surface area contributed by atoms with Crippen LogP contribution in [0.15, 0.2) is 72.8 Å². The Kier molecular flexibility index (Phi) is 4.40. The van der Waals surface area contributed by atoms with Gasteiger partial charge in [-0.3, -0.25) is 0 Å². The van der Waals surface area contributed by atoms with E-state index in [4.69, 9.17) is 9.47 Å². The van der Waals surface area contributed by atoms with Gasteiger partial charge in [0.15, 0.2) is 6.23 Å². The van der Waals surface area contributed by atoms with E-state index in [1.807, 2.05) is 0 Å². The summed E-state index contributed by atoms with van der Waals surface area (Å²) in [5.74, 6) is 0. The highest BCUT2D eigenvalue weighted by Crippen LogP contribution is 2.34. The SMILES string of the molecule is c1ccc2c(c1)CCOC2Nc1ccc(C2OCCc3ccccc32)cc1. The highest BCUT2D eigenvalue weighted by Gasteiger charge is 2.23. The van der Waals surface area contributed by atoms with Crippen LogP contribution >= 0.6 is 0 Å². The van der Waals surface area contributed by atoms with E-state index in [0.29, 0.717) is 0 Å². The van der Waals surface area contributed by atoms with Crippen LogP contribution < -0.4 is 5.32 Å². The molecule has 2 heterocycles. The average molecular weight is 357 g/mol. The van der Waals surface area contributed by atoms with Crippen molar-refractivity contribution in [3.8, 4) is 0 Å². The minimum atomic E-state index is -0.0903. The van der Waals surface area contributed by atoms with Crippen LogP contribution in [0, 0.1) is 0 Å². The van der Waals surface area contributed by atoms with E-state index < -0.39 is 0 Å². The van der Waals surface area contributed by atoms with Gasteiger partial charge in [-0.2, -0.15) is 0 Å². The maximum Gasteiger partial charge on any atom is 0.154 e. The van der Waals surface area contributed by atoms with Gasteiger partial charge in [0.1, 0.15) is 6.10 Å². The molecule has 0 saturated heterocycles. The van der Waals surface area contributed by atoms with Crippen LogP contribution in [-0.2, 0) is 22.3 Å². The highest BCUT2D eigenvalue weighted by atomic mass is 16.5. The second kappa shape index (κ2) is 7.18. The quantitative estimate of drug-likeness (QED) is 0.713. The minimum Gasteiger partial charge on any atom is -0.368 e. The van der Waals surface area contributed by atoms with E-state index in [9.17, 15) is 0 Å². The Labute approximate surface area is 160 Å². The van der Waals surface area contributed by atoms with Crippen molar-refractivity contribution in [1.29, 1.82) is 0 Å². The molecule has 0 radical (unpaired) electrons. The molecule has 0 fully saturated rings. The third-order valence-corrected chi connectivity index (χ3v) is 5.50. The molecule has 27 heavy (non-hydrogen) atoms. The number of hydrogen-bond donors (Lipinski definition) is 1. The summed E-state index contributed by atoms with van der Waals surface area (Å²) >= 11 is 0. The van der Waals surface area contributed by atoms with Crippen LogP contribution in [0.3, 0.4) is 0 Å². The second-order valence-electron chi connectivity index (χ2n) is 7.17. The van der Waals surface area contributed by atoms with Gasteiger partial charge in [-0.25, -0.2) is 0 Å². The van der Waals surface area contributed by atoms with Gasteiger partial charge in [0.25, 0.3) is 0 Å². The summed E-state index contributed by atoms with van der Waals surface area (Å²) in [6, 6.07) is 25.6. The van der Waals surface area contributed by atoms with Crippen LogP contribution in [0.2, 0.25) is 0 Å². The van der Waals surface area contributed by atoms with Gasteiger partial charge in [-0.05, 0) is 47.2 Å². The third kappa shape index (κ3) is 3.25. The van der Waals surface area contributed by atoms with Gasteiger partial charge in [0.2, 0.25) is 0 Å². The standard InChI is InChI=1S/C24H23NO2/c1-3-7-21-17(5-1)13-15-26-23(21)19-9-11-20(12-10-19)25-24-22-8-4-2-6-18(22)14-16-27-24/h1-12,23-25H,13-16H2. The van der Waals surface area contributed by atoms with E-state index >= 15 is 0 Å². The van der Waals surface area contributed by atoms with Gasteiger partial charge in [0.05, 0.1) is 13.2 Å². The van der Waals surface area contributed by atoms with Crippen molar-refractivity contribution >= 4 is 5.69 Å². The number of fused-ring (bicyclic) bond motifs is 2. The molecule has 0 aliphatic carbocycles. The van der Waals surface area contributed by atoms with E-state index in [0.717, 1.165) is 31.7 Å². The average Bonchev–Trinajstić information content (AvgIpc) is 2.74. The largest absolute Gasteiger partial charge is 0.368 e. The predicted molar refractivity (Wildman–Crippen MR) is 107 cm³/mol. The van der Waals surface area contributed by atoms with E-state index in [1.54, 1.807) is 0 Å². The molecule has 2 atom stereocenters. The number of ether oxygens (including phenoxy) is 2. The Balaban J connectivity index is 1.36. The van der Waals surface area contributed by atoms with Gasteiger partial charge < -0.3 is 14.8 Å². The van der Waals surface area contributed by atoms with Crippen molar-refractivity contribution in [2.75, 3.05) is 18.5 Å². The molecular weight excluding hydrogens is 334 g/mol. The molecule has 2 aliphatic heterocycles. The number of rotatable bonds is 3. The van der Waals surface area contributed by atoms with Crippen molar-refractivity contribution in [2.24, 2.45) is 0 Å². The van der Waals surface area contributed by atoms with E-state index in [-0.39, 0.29) is 12.3 Å². The Hall–Kier alpha value is -2.62. The molecular formula is C24H23NO2. The molecule has 0 amide bonds. The first-order valence-electron chi connectivity index (χ1n) is 9.64. The lowest BCUT2D eigenvalue weighted by atomic mass is 9.93. The van der Waals surface area contributed by atoms with Gasteiger partial charge in [-0.15, -0.1) is 0 Å². The smallest absolute Gasteiger partial charge is 0.154 e. The van der Waals surface area contributed by atoms with Gasteiger partial charge in [0, 0.05) is 11.3 Å².